The summed E-state index contributed by atoms with van der Waals surface area (Å²) in [6, 6.07) is 17.5. The van der Waals surface area contributed by atoms with Crippen LogP contribution in [-0.2, 0) is 25.1 Å². The molecule has 0 unspecified atom stereocenters. The van der Waals surface area contributed by atoms with E-state index in [4.69, 9.17) is 14.2 Å². The molecule has 5 rings (SSSR count). The van der Waals surface area contributed by atoms with E-state index in [2.05, 4.69) is 0 Å². The molecule has 0 amide bonds. The predicted molar refractivity (Wildman–Crippen MR) is 139 cm³/mol. The first kappa shape index (κ1) is 27.6. The molecule has 14 heteroatoms. The van der Waals surface area contributed by atoms with Gasteiger partial charge in [-0.1, -0.05) is 0 Å². The number of rotatable bonds is 8. The highest BCUT2D eigenvalue weighted by Gasteiger charge is 2.40. The van der Waals surface area contributed by atoms with Gasteiger partial charge in [0, 0.05) is 23.3 Å². The second-order valence-corrected chi connectivity index (χ2v) is 10.7. The molecule has 0 aromatic heterocycles. The van der Waals surface area contributed by atoms with Gasteiger partial charge in [0.1, 0.15) is 11.5 Å². The van der Waals surface area contributed by atoms with Crippen molar-refractivity contribution in [1.29, 1.82) is 0 Å². The van der Waals surface area contributed by atoms with E-state index in [0.29, 0.717) is 36.5 Å². The number of nitro benzene ring substituents is 2. The molecule has 0 atom stereocenters. The molecule has 1 saturated heterocycles. The van der Waals surface area contributed by atoms with Gasteiger partial charge in [-0.2, -0.15) is 4.39 Å². The molecule has 0 aliphatic carbocycles. The molecule has 0 bridgehead atoms. The minimum absolute atomic E-state index is 0.0741. The van der Waals surface area contributed by atoms with Gasteiger partial charge in [0.25, 0.3) is 0 Å². The monoisotopic (exact) mass is 582 g/mol. The smallest absolute Gasteiger partial charge is 0.312 e. The lowest BCUT2D eigenvalue weighted by Gasteiger charge is -2.28. The van der Waals surface area contributed by atoms with Crippen LogP contribution in [0.4, 0.5) is 15.8 Å². The molecule has 4 aromatic rings. The van der Waals surface area contributed by atoms with Gasteiger partial charge in [0.05, 0.1) is 32.9 Å². The van der Waals surface area contributed by atoms with Crippen molar-refractivity contribution in [3.8, 4) is 17.2 Å². The summed E-state index contributed by atoms with van der Waals surface area (Å²) in [5, 5.41) is 32.5. The molecule has 1 aliphatic rings. The number of halogens is 1. The number of aromatic hydroxyl groups is 1. The quantitative estimate of drug-likeness (QED) is 0.165. The first-order valence-electron chi connectivity index (χ1n) is 11.8. The molecule has 1 fully saturated rings. The summed E-state index contributed by atoms with van der Waals surface area (Å²) in [7, 11) is -4.48. The van der Waals surface area contributed by atoms with Crippen molar-refractivity contribution in [2.45, 2.75) is 15.6 Å². The SMILES string of the molecule is O=[N+]([O-])c1cc(S(=O)(=O)c2ccc(Oc3ccc(C4(c5ccc(O)cc5)OCCO4)cc3)c([N+](=O)[O-])c2)ccc1F. The number of ether oxygens (including phenoxy) is 3. The molecule has 0 radical (unpaired) electrons. The Morgan fingerprint density at radius 1 is 0.780 bits per heavy atom. The standard InChI is InChI=1S/C27H19FN2O10S/c28-23-11-9-21(15-24(23)29(32)33)41(36,37)22-10-12-26(25(16-22)30(34)35)40-20-7-3-18(4-8-20)27(38-13-14-39-27)17-1-5-19(31)6-2-17/h1-12,15-16,31H,13-14H2. The number of phenolic OH excluding ortho intramolecular Hbond substituents is 1. The molecule has 4 aromatic carbocycles. The van der Waals surface area contributed by atoms with Crippen molar-refractivity contribution in [3.05, 3.63) is 122 Å². The minimum Gasteiger partial charge on any atom is -0.508 e. The Bertz CT molecular complexity index is 1750. The third-order valence-electron chi connectivity index (χ3n) is 6.27. The molecule has 1 N–H and O–H groups in total. The largest absolute Gasteiger partial charge is 0.508 e. The highest BCUT2D eigenvalue weighted by molar-refractivity contribution is 7.91. The molecule has 0 spiro atoms. The van der Waals surface area contributed by atoms with Crippen LogP contribution in [0.25, 0.3) is 0 Å². The summed E-state index contributed by atoms with van der Waals surface area (Å²) in [5.74, 6) is -2.47. The highest BCUT2D eigenvalue weighted by atomic mass is 32.2. The van der Waals surface area contributed by atoms with Crippen LogP contribution in [0.2, 0.25) is 0 Å². The predicted octanol–water partition coefficient (Wildman–Crippen LogP) is 5.22. The van der Waals surface area contributed by atoms with E-state index in [9.17, 15) is 38.1 Å². The Kier molecular flexibility index (Phi) is 7.13. The summed E-state index contributed by atoms with van der Waals surface area (Å²) in [5.41, 5.74) is -0.503. The van der Waals surface area contributed by atoms with E-state index in [1.54, 1.807) is 24.3 Å². The van der Waals surface area contributed by atoms with Gasteiger partial charge in [-0.05, 0) is 72.8 Å². The fraction of sp³-hybridized carbons (Fsp3) is 0.111. The maximum atomic E-state index is 13.7. The van der Waals surface area contributed by atoms with E-state index in [0.717, 1.165) is 24.3 Å². The van der Waals surface area contributed by atoms with Gasteiger partial charge in [-0.25, -0.2) is 8.42 Å². The molecular weight excluding hydrogens is 563 g/mol. The van der Waals surface area contributed by atoms with Crippen LogP contribution in [0, 0.1) is 26.0 Å². The van der Waals surface area contributed by atoms with Crippen molar-refractivity contribution < 1.29 is 42.0 Å². The number of hydrogen-bond acceptors (Lipinski definition) is 10. The van der Waals surface area contributed by atoms with Crippen LogP contribution in [0.5, 0.6) is 17.2 Å². The lowest BCUT2D eigenvalue weighted by atomic mass is 9.97. The molecule has 1 heterocycles. The topological polar surface area (TPSA) is 168 Å². The summed E-state index contributed by atoms with van der Waals surface area (Å²) >= 11 is 0. The van der Waals surface area contributed by atoms with Crippen molar-refractivity contribution in [1.82, 2.24) is 0 Å². The molecular formula is C27H19FN2O10S. The van der Waals surface area contributed by atoms with Crippen LogP contribution in [-0.4, -0.2) is 36.6 Å². The zero-order chi connectivity index (χ0) is 29.4. The van der Waals surface area contributed by atoms with Gasteiger partial charge in [-0.3, -0.25) is 20.2 Å². The van der Waals surface area contributed by atoms with Crippen LogP contribution in [0.1, 0.15) is 11.1 Å². The van der Waals surface area contributed by atoms with Crippen LogP contribution >= 0.6 is 0 Å². The molecule has 210 valence electrons. The lowest BCUT2D eigenvalue weighted by molar-refractivity contribution is -0.387. The van der Waals surface area contributed by atoms with Crippen molar-refractivity contribution in [2.75, 3.05) is 13.2 Å². The van der Waals surface area contributed by atoms with Crippen molar-refractivity contribution in [3.63, 3.8) is 0 Å². The molecule has 12 nitrogen and oxygen atoms in total. The fourth-order valence-electron chi connectivity index (χ4n) is 4.29. The second-order valence-electron chi connectivity index (χ2n) is 8.75. The zero-order valence-electron chi connectivity index (χ0n) is 20.8. The van der Waals surface area contributed by atoms with Crippen molar-refractivity contribution >= 4 is 21.2 Å². The first-order chi connectivity index (χ1) is 19.5. The van der Waals surface area contributed by atoms with Gasteiger partial charge in [0.2, 0.25) is 27.2 Å². The van der Waals surface area contributed by atoms with Gasteiger partial charge < -0.3 is 19.3 Å². The Hall–Kier alpha value is -4.92. The van der Waals surface area contributed by atoms with Crippen LogP contribution < -0.4 is 4.74 Å². The van der Waals surface area contributed by atoms with E-state index >= 15 is 0 Å². The number of sulfone groups is 1. The Morgan fingerprint density at radius 3 is 1.85 bits per heavy atom. The lowest BCUT2D eigenvalue weighted by Crippen LogP contribution is -2.28. The summed E-state index contributed by atoms with van der Waals surface area (Å²) < 4.78 is 57.3. The highest BCUT2D eigenvalue weighted by Crippen LogP contribution is 2.41. The molecule has 0 saturated carbocycles. The maximum Gasteiger partial charge on any atom is 0.312 e. The van der Waals surface area contributed by atoms with Gasteiger partial charge in [-0.15, -0.1) is 0 Å². The van der Waals surface area contributed by atoms with E-state index < -0.39 is 52.5 Å². The third-order valence-corrected chi connectivity index (χ3v) is 8.01. The normalized spacial score (nSPS) is 14.5. The van der Waals surface area contributed by atoms with Crippen LogP contribution in [0.15, 0.2) is 94.7 Å². The Morgan fingerprint density at radius 2 is 1.29 bits per heavy atom. The number of hydrogen-bond donors (Lipinski definition) is 1. The Balaban J connectivity index is 1.44. The second kappa shape index (κ2) is 10.6. The average molecular weight is 583 g/mol. The summed E-state index contributed by atoms with van der Waals surface area (Å²) in [6.45, 7) is 0.650. The number of benzene rings is 4. The van der Waals surface area contributed by atoms with Gasteiger partial charge in [0.15, 0.2) is 0 Å². The van der Waals surface area contributed by atoms with E-state index in [1.807, 2.05) is 0 Å². The zero-order valence-corrected chi connectivity index (χ0v) is 21.6. The van der Waals surface area contributed by atoms with Crippen LogP contribution in [0.3, 0.4) is 0 Å². The average Bonchev–Trinajstić information content (AvgIpc) is 3.45. The molecule has 41 heavy (non-hydrogen) atoms. The summed E-state index contributed by atoms with van der Waals surface area (Å²) in [4.78, 5) is 19.8. The number of nitro groups is 2. The van der Waals surface area contributed by atoms with Gasteiger partial charge >= 0.3 is 11.4 Å². The fourth-order valence-corrected chi connectivity index (χ4v) is 5.59. The number of phenols is 1. The first-order valence-corrected chi connectivity index (χ1v) is 13.3. The summed E-state index contributed by atoms with van der Waals surface area (Å²) in [6.07, 6.45) is 0. The Labute approximate surface area is 231 Å². The van der Waals surface area contributed by atoms with Crippen molar-refractivity contribution in [2.24, 2.45) is 0 Å². The van der Waals surface area contributed by atoms with E-state index in [1.165, 1.54) is 24.3 Å². The molecule has 1 aliphatic heterocycles. The maximum absolute atomic E-state index is 13.7. The number of nitrogens with zero attached hydrogens (tertiary/aromatic N) is 2. The minimum atomic E-state index is -4.48. The van der Waals surface area contributed by atoms with E-state index in [-0.39, 0.29) is 17.2 Å². The third kappa shape index (κ3) is 5.18.